The van der Waals surface area contributed by atoms with Crippen molar-refractivity contribution in [3.05, 3.63) is 29.6 Å². The van der Waals surface area contributed by atoms with Gasteiger partial charge in [-0.15, -0.1) is 0 Å². The average molecular weight is 386 g/mol. The molecule has 1 atom stereocenters. The first-order valence-electron chi connectivity index (χ1n) is 9.93. The van der Waals surface area contributed by atoms with Gasteiger partial charge in [0, 0.05) is 32.1 Å². The van der Waals surface area contributed by atoms with Gasteiger partial charge in [0.25, 0.3) is 0 Å². The number of piperazine rings is 1. The summed E-state index contributed by atoms with van der Waals surface area (Å²) in [5.74, 6) is -0.247. The zero-order valence-corrected chi connectivity index (χ0v) is 16.4. The molecule has 28 heavy (non-hydrogen) atoms. The molecule has 0 aliphatic carbocycles. The normalized spacial score (nSPS) is 20.8. The molecule has 7 heteroatoms. The molecule has 2 saturated heterocycles. The van der Waals surface area contributed by atoms with Crippen LogP contribution in [0.15, 0.2) is 18.2 Å². The quantitative estimate of drug-likeness (QED) is 0.861. The van der Waals surface area contributed by atoms with E-state index < -0.39 is 11.9 Å². The summed E-state index contributed by atoms with van der Waals surface area (Å²) in [6.45, 7) is 6.30. The highest BCUT2D eigenvalue weighted by Gasteiger charge is 2.37. The van der Waals surface area contributed by atoms with E-state index in [2.05, 4.69) is 19.2 Å². The number of nitrogens with zero attached hydrogens (tertiary/aromatic N) is 3. The second kappa shape index (κ2) is 8.59. The maximum atomic E-state index is 14.3. The summed E-state index contributed by atoms with van der Waals surface area (Å²) in [5.41, 5.74) is 0.769. The predicted octanol–water partition coefficient (Wildman–Crippen LogP) is 2.29. The number of halogens is 1. The number of hydrogen-bond donors (Lipinski definition) is 1. The summed E-state index contributed by atoms with van der Waals surface area (Å²) in [7, 11) is 0. The zero-order chi connectivity index (χ0) is 20.3. The van der Waals surface area contributed by atoms with Crippen LogP contribution in [0.4, 0.5) is 10.1 Å². The van der Waals surface area contributed by atoms with Gasteiger partial charge in [-0.05, 0) is 43.4 Å². The second-order valence-corrected chi connectivity index (χ2v) is 8.01. The Kier molecular flexibility index (Phi) is 6.18. The van der Waals surface area contributed by atoms with E-state index in [-0.39, 0.29) is 17.7 Å². The van der Waals surface area contributed by atoms with E-state index in [1.54, 1.807) is 17.0 Å². The Morgan fingerprint density at radius 2 is 2.04 bits per heavy atom. The molecular formula is C21H27FN4O2. The van der Waals surface area contributed by atoms with Crippen molar-refractivity contribution in [2.75, 3.05) is 31.1 Å². The first-order valence-corrected chi connectivity index (χ1v) is 9.93. The van der Waals surface area contributed by atoms with Crippen LogP contribution >= 0.6 is 0 Å². The van der Waals surface area contributed by atoms with E-state index in [9.17, 15) is 14.0 Å². The standard InChI is InChI=1S/C21H27FN4O2/c1-14(2)11-19-20(27)24-7-10-26(19)21(28)16-5-8-25(9-6-16)18-4-3-15(13-23)12-17(18)22/h3-4,12,14,16,19H,5-11H2,1-2H3,(H,24,27). The molecule has 1 N–H and O–H groups in total. The Labute approximate surface area is 165 Å². The van der Waals surface area contributed by atoms with Crippen molar-refractivity contribution < 1.29 is 14.0 Å². The van der Waals surface area contributed by atoms with E-state index in [0.717, 1.165) is 0 Å². The zero-order valence-electron chi connectivity index (χ0n) is 16.4. The third-order valence-corrected chi connectivity index (χ3v) is 5.57. The van der Waals surface area contributed by atoms with Crippen LogP contribution in [0.5, 0.6) is 0 Å². The Hall–Kier alpha value is -2.62. The van der Waals surface area contributed by atoms with E-state index in [4.69, 9.17) is 5.26 Å². The number of nitriles is 1. The van der Waals surface area contributed by atoms with E-state index in [0.29, 0.717) is 62.6 Å². The van der Waals surface area contributed by atoms with Crippen molar-refractivity contribution in [1.82, 2.24) is 10.2 Å². The molecule has 6 nitrogen and oxygen atoms in total. The van der Waals surface area contributed by atoms with Gasteiger partial charge in [-0.1, -0.05) is 13.8 Å². The van der Waals surface area contributed by atoms with E-state index in [1.807, 2.05) is 11.0 Å². The van der Waals surface area contributed by atoms with Crippen LogP contribution in [0.25, 0.3) is 0 Å². The first-order chi connectivity index (χ1) is 13.4. The van der Waals surface area contributed by atoms with Crippen molar-refractivity contribution in [3.8, 4) is 6.07 Å². The lowest BCUT2D eigenvalue weighted by molar-refractivity contribution is -0.147. The van der Waals surface area contributed by atoms with Crippen LogP contribution < -0.4 is 10.2 Å². The number of rotatable bonds is 4. The minimum Gasteiger partial charge on any atom is -0.369 e. The highest BCUT2D eigenvalue weighted by Crippen LogP contribution is 2.28. The number of carbonyl (C=O) groups excluding carboxylic acids is 2. The van der Waals surface area contributed by atoms with Gasteiger partial charge in [-0.2, -0.15) is 5.26 Å². The number of piperidine rings is 1. The first kappa shape index (κ1) is 20.1. The highest BCUT2D eigenvalue weighted by molar-refractivity contribution is 5.89. The minimum atomic E-state index is -0.409. The lowest BCUT2D eigenvalue weighted by Gasteiger charge is -2.40. The van der Waals surface area contributed by atoms with Crippen LogP contribution in [0.1, 0.15) is 38.7 Å². The third-order valence-electron chi connectivity index (χ3n) is 5.57. The van der Waals surface area contributed by atoms with Gasteiger partial charge in [0.05, 0.1) is 17.3 Å². The molecule has 2 aliphatic heterocycles. The topological polar surface area (TPSA) is 76.4 Å². The van der Waals surface area contributed by atoms with Gasteiger partial charge in [-0.3, -0.25) is 9.59 Å². The molecule has 150 valence electrons. The molecule has 2 heterocycles. The predicted molar refractivity (Wildman–Crippen MR) is 104 cm³/mol. The summed E-state index contributed by atoms with van der Waals surface area (Å²) in [6, 6.07) is 6.03. The minimum absolute atomic E-state index is 0.0421. The van der Waals surface area contributed by atoms with Crippen molar-refractivity contribution >= 4 is 17.5 Å². The Bertz CT molecular complexity index is 781. The largest absolute Gasteiger partial charge is 0.369 e. The summed E-state index contributed by atoms with van der Waals surface area (Å²) in [4.78, 5) is 29.1. The van der Waals surface area contributed by atoms with Crippen LogP contribution in [0.3, 0.4) is 0 Å². The molecular weight excluding hydrogens is 359 g/mol. The van der Waals surface area contributed by atoms with Gasteiger partial charge in [-0.25, -0.2) is 4.39 Å². The molecule has 2 fully saturated rings. The molecule has 0 bridgehead atoms. The van der Waals surface area contributed by atoms with Crippen LogP contribution in [-0.4, -0.2) is 48.9 Å². The maximum Gasteiger partial charge on any atom is 0.242 e. The van der Waals surface area contributed by atoms with Crippen LogP contribution in [-0.2, 0) is 9.59 Å². The number of amides is 2. The summed E-state index contributed by atoms with van der Waals surface area (Å²) in [5, 5.41) is 11.7. The molecule has 0 saturated carbocycles. The van der Waals surface area contributed by atoms with Crippen molar-refractivity contribution in [2.24, 2.45) is 11.8 Å². The van der Waals surface area contributed by atoms with Gasteiger partial charge in [0.1, 0.15) is 11.9 Å². The number of hydrogen-bond acceptors (Lipinski definition) is 4. The summed E-state index contributed by atoms with van der Waals surface area (Å²) >= 11 is 0. The molecule has 3 rings (SSSR count). The fourth-order valence-electron chi connectivity index (χ4n) is 4.09. The molecule has 0 spiro atoms. The fourth-order valence-corrected chi connectivity index (χ4v) is 4.09. The average Bonchev–Trinajstić information content (AvgIpc) is 2.69. The van der Waals surface area contributed by atoms with Gasteiger partial charge >= 0.3 is 0 Å². The number of carbonyl (C=O) groups is 2. The van der Waals surface area contributed by atoms with Gasteiger partial charge < -0.3 is 15.1 Å². The van der Waals surface area contributed by atoms with Crippen molar-refractivity contribution in [2.45, 2.75) is 39.2 Å². The van der Waals surface area contributed by atoms with Crippen molar-refractivity contribution in [1.29, 1.82) is 5.26 Å². The molecule has 0 aromatic heterocycles. The molecule has 1 aromatic rings. The van der Waals surface area contributed by atoms with Crippen molar-refractivity contribution in [3.63, 3.8) is 0 Å². The fraction of sp³-hybridized carbons (Fsp3) is 0.571. The maximum absolute atomic E-state index is 14.3. The molecule has 2 aliphatic rings. The monoisotopic (exact) mass is 386 g/mol. The SMILES string of the molecule is CC(C)CC1C(=O)NCCN1C(=O)C1CCN(c2ccc(C#N)cc2F)CC1. The molecule has 1 unspecified atom stereocenters. The number of nitrogens with one attached hydrogen (secondary N) is 1. The molecule has 1 aromatic carbocycles. The Morgan fingerprint density at radius 1 is 1.32 bits per heavy atom. The van der Waals surface area contributed by atoms with Gasteiger partial charge in [0.15, 0.2) is 0 Å². The molecule has 0 radical (unpaired) electrons. The highest BCUT2D eigenvalue weighted by atomic mass is 19.1. The Morgan fingerprint density at radius 3 is 2.64 bits per heavy atom. The van der Waals surface area contributed by atoms with Gasteiger partial charge in [0.2, 0.25) is 11.8 Å². The smallest absolute Gasteiger partial charge is 0.242 e. The lowest BCUT2D eigenvalue weighted by Crippen LogP contribution is -2.59. The van der Waals surface area contributed by atoms with E-state index >= 15 is 0 Å². The second-order valence-electron chi connectivity index (χ2n) is 8.01. The third kappa shape index (κ3) is 4.27. The Balaban J connectivity index is 1.64. The molecule has 2 amide bonds. The lowest BCUT2D eigenvalue weighted by atomic mass is 9.92. The summed E-state index contributed by atoms with van der Waals surface area (Å²) in [6.07, 6.45) is 1.92. The van der Waals surface area contributed by atoms with Crippen LogP contribution in [0.2, 0.25) is 0 Å². The number of benzene rings is 1. The number of anilines is 1. The van der Waals surface area contributed by atoms with E-state index in [1.165, 1.54) is 6.07 Å². The van der Waals surface area contributed by atoms with Crippen LogP contribution in [0, 0.1) is 29.0 Å². The summed E-state index contributed by atoms with van der Waals surface area (Å²) < 4.78 is 14.3.